The average Bonchev–Trinajstić information content (AvgIpc) is 2.47. The minimum Gasteiger partial charge on any atom is -0.444 e. The van der Waals surface area contributed by atoms with Gasteiger partial charge in [0.1, 0.15) is 11.6 Å². The van der Waals surface area contributed by atoms with Gasteiger partial charge in [-0.05, 0) is 58.6 Å². The SMILES string of the molecule is Cc1ccc([C@H](C(C)C)[C@H](Cl)OC(=O)[C@H](C)NC(=O)OC(C)(C)C)c(C)c1. The first kappa shape index (κ1) is 23.3. The second-order valence-electron chi connectivity index (χ2n) is 8.29. The van der Waals surface area contributed by atoms with E-state index in [0.717, 1.165) is 16.7 Å². The minimum absolute atomic E-state index is 0.162. The van der Waals surface area contributed by atoms with Crippen LogP contribution in [0.15, 0.2) is 18.2 Å². The normalized spacial score (nSPS) is 15.0. The van der Waals surface area contributed by atoms with Crippen LogP contribution in [0.1, 0.15) is 64.2 Å². The van der Waals surface area contributed by atoms with Crippen LogP contribution in [0.3, 0.4) is 0 Å². The number of alkyl halides is 1. The van der Waals surface area contributed by atoms with Crippen molar-refractivity contribution in [1.82, 2.24) is 5.32 Å². The number of carbonyl (C=O) groups excluding carboxylic acids is 2. The average molecular weight is 398 g/mol. The fraction of sp³-hybridized carbons (Fsp3) is 0.619. The van der Waals surface area contributed by atoms with Gasteiger partial charge in [-0.3, -0.25) is 0 Å². The number of nitrogens with one attached hydrogen (secondary N) is 1. The highest BCUT2D eigenvalue weighted by molar-refractivity contribution is 6.20. The van der Waals surface area contributed by atoms with Crippen molar-refractivity contribution in [1.29, 1.82) is 0 Å². The molecule has 1 amide bonds. The Balaban J connectivity index is 2.82. The zero-order valence-electron chi connectivity index (χ0n) is 17.6. The van der Waals surface area contributed by atoms with E-state index in [9.17, 15) is 9.59 Å². The third-order valence-electron chi connectivity index (χ3n) is 4.10. The topological polar surface area (TPSA) is 64.6 Å². The molecule has 152 valence electrons. The van der Waals surface area contributed by atoms with E-state index in [2.05, 4.69) is 11.4 Å². The van der Waals surface area contributed by atoms with E-state index < -0.39 is 29.3 Å². The highest BCUT2D eigenvalue weighted by Crippen LogP contribution is 2.34. The maximum absolute atomic E-state index is 12.4. The summed E-state index contributed by atoms with van der Waals surface area (Å²) >= 11 is 6.48. The molecule has 0 fully saturated rings. The summed E-state index contributed by atoms with van der Waals surface area (Å²) in [6.45, 7) is 14.9. The third kappa shape index (κ3) is 7.41. The van der Waals surface area contributed by atoms with Crippen molar-refractivity contribution in [3.8, 4) is 0 Å². The Kier molecular flexibility index (Phi) is 8.15. The van der Waals surface area contributed by atoms with Crippen LogP contribution in [-0.4, -0.2) is 29.3 Å². The Bertz CT molecular complexity index is 667. The molecule has 1 aromatic carbocycles. The molecule has 0 spiro atoms. The van der Waals surface area contributed by atoms with Gasteiger partial charge in [0.25, 0.3) is 0 Å². The summed E-state index contributed by atoms with van der Waals surface area (Å²) in [6.07, 6.45) is -0.673. The largest absolute Gasteiger partial charge is 0.444 e. The number of benzene rings is 1. The zero-order chi connectivity index (χ0) is 20.9. The number of hydrogen-bond donors (Lipinski definition) is 1. The Morgan fingerprint density at radius 3 is 2.19 bits per heavy atom. The molecule has 0 heterocycles. The Morgan fingerprint density at radius 2 is 1.70 bits per heavy atom. The molecule has 1 aromatic rings. The van der Waals surface area contributed by atoms with Crippen LogP contribution in [0.2, 0.25) is 0 Å². The molecule has 0 radical (unpaired) electrons. The van der Waals surface area contributed by atoms with Gasteiger partial charge in [0.05, 0.1) is 0 Å². The Labute approximate surface area is 167 Å². The fourth-order valence-corrected chi connectivity index (χ4v) is 3.35. The second kappa shape index (κ2) is 9.45. The van der Waals surface area contributed by atoms with Crippen LogP contribution in [0.25, 0.3) is 0 Å². The van der Waals surface area contributed by atoms with Crippen LogP contribution in [0, 0.1) is 19.8 Å². The molecule has 5 nitrogen and oxygen atoms in total. The number of esters is 1. The van der Waals surface area contributed by atoms with E-state index >= 15 is 0 Å². The predicted molar refractivity (Wildman–Crippen MR) is 108 cm³/mol. The lowest BCUT2D eigenvalue weighted by atomic mass is 9.85. The molecule has 0 bridgehead atoms. The molecule has 1 rings (SSSR count). The van der Waals surface area contributed by atoms with Crippen LogP contribution in [0.4, 0.5) is 4.79 Å². The number of hydrogen-bond acceptors (Lipinski definition) is 4. The summed E-state index contributed by atoms with van der Waals surface area (Å²) in [4.78, 5) is 24.2. The molecule has 0 saturated carbocycles. The van der Waals surface area contributed by atoms with Gasteiger partial charge in [-0.1, -0.05) is 49.2 Å². The quantitative estimate of drug-likeness (QED) is 0.538. The van der Waals surface area contributed by atoms with Crippen molar-refractivity contribution in [3.63, 3.8) is 0 Å². The number of amides is 1. The molecule has 0 saturated heterocycles. The van der Waals surface area contributed by atoms with Gasteiger partial charge in [-0.2, -0.15) is 0 Å². The van der Waals surface area contributed by atoms with Gasteiger partial charge in [0.15, 0.2) is 5.56 Å². The molecular weight excluding hydrogens is 366 g/mol. The van der Waals surface area contributed by atoms with Crippen LogP contribution in [-0.2, 0) is 14.3 Å². The summed E-state index contributed by atoms with van der Waals surface area (Å²) < 4.78 is 10.6. The van der Waals surface area contributed by atoms with Crippen molar-refractivity contribution < 1.29 is 19.1 Å². The maximum atomic E-state index is 12.4. The van der Waals surface area contributed by atoms with Gasteiger partial charge >= 0.3 is 12.1 Å². The number of halogens is 1. The highest BCUT2D eigenvalue weighted by Gasteiger charge is 2.31. The van der Waals surface area contributed by atoms with Gasteiger partial charge in [0.2, 0.25) is 0 Å². The zero-order valence-corrected chi connectivity index (χ0v) is 18.3. The second-order valence-corrected chi connectivity index (χ2v) is 8.72. The van der Waals surface area contributed by atoms with Crippen molar-refractivity contribution in [2.24, 2.45) is 5.92 Å². The third-order valence-corrected chi connectivity index (χ3v) is 4.46. The van der Waals surface area contributed by atoms with Gasteiger partial charge in [0, 0.05) is 5.92 Å². The van der Waals surface area contributed by atoms with Crippen LogP contribution < -0.4 is 5.32 Å². The van der Waals surface area contributed by atoms with Crippen LogP contribution in [0.5, 0.6) is 0 Å². The first-order chi connectivity index (χ1) is 12.3. The van der Waals surface area contributed by atoms with E-state index in [4.69, 9.17) is 21.1 Å². The predicted octanol–water partition coefficient (Wildman–Crippen LogP) is 5.06. The molecule has 27 heavy (non-hydrogen) atoms. The molecular formula is C21H32ClNO4. The summed E-state index contributed by atoms with van der Waals surface area (Å²) in [6, 6.07) is 5.27. The van der Waals surface area contributed by atoms with Crippen molar-refractivity contribution in [2.75, 3.05) is 0 Å². The van der Waals surface area contributed by atoms with Gasteiger partial charge in [-0.15, -0.1) is 0 Å². The lowest BCUT2D eigenvalue weighted by Gasteiger charge is -2.28. The first-order valence-corrected chi connectivity index (χ1v) is 9.66. The minimum atomic E-state index is -0.868. The number of rotatable bonds is 6. The van der Waals surface area contributed by atoms with E-state index in [1.165, 1.54) is 6.92 Å². The summed E-state index contributed by atoms with van der Waals surface area (Å²) in [7, 11) is 0. The number of aryl methyl sites for hydroxylation is 2. The molecule has 6 heteroatoms. The maximum Gasteiger partial charge on any atom is 0.408 e. The van der Waals surface area contributed by atoms with Crippen molar-refractivity contribution >= 4 is 23.7 Å². The van der Waals surface area contributed by atoms with E-state index in [1.54, 1.807) is 20.8 Å². The van der Waals surface area contributed by atoms with Crippen molar-refractivity contribution in [3.05, 3.63) is 34.9 Å². The lowest BCUT2D eigenvalue weighted by Crippen LogP contribution is -2.43. The summed E-state index contributed by atoms with van der Waals surface area (Å²) in [5, 5.41) is 2.47. The molecule has 1 N–H and O–H groups in total. The molecule has 0 aromatic heterocycles. The summed E-state index contributed by atoms with van der Waals surface area (Å²) in [5.41, 5.74) is 1.83. The molecule has 3 atom stereocenters. The molecule has 0 unspecified atom stereocenters. The van der Waals surface area contributed by atoms with Gasteiger partial charge < -0.3 is 14.8 Å². The van der Waals surface area contributed by atoms with Crippen LogP contribution >= 0.6 is 11.6 Å². The smallest absolute Gasteiger partial charge is 0.408 e. The Morgan fingerprint density at radius 1 is 1.11 bits per heavy atom. The van der Waals surface area contributed by atoms with Gasteiger partial charge in [-0.25, -0.2) is 9.59 Å². The van der Waals surface area contributed by atoms with Crippen molar-refractivity contribution in [2.45, 2.75) is 78.5 Å². The highest BCUT2D eigenvalue weighted by atomic mass is 35.5. The monoisotopic (exact) mass is 397 g/mol. The standard InChI is InChI=1S/C21H32ClNO4/c1-12(2)17(16-10-9-13(3)11-14(16)4)18(22)26-19(24)15(5)23-20(25)27-21(6,7)8/h9-12,15,17-18H,1-8H3,(H,23,25)/t15-,17-,18+/m0/s1. The molecule has 0 aliphatic rings. The van der Waals surface area contributed by atoms with E-state index in [-0.39, 0.29) is 11.8 Å². The Hall–Kier alpha value is -1.75. The fourth-order valence-electron chi connectivity index (χ4n) is 2.83. The number of ether oxygens (including phenoxy) is 2. The molecule has 0 aliphatic heterocycles. The van der Waals surface area contributed by atoms with E-state index in [0.29, 0.717) is 0 Å². The lowest BCUT2D eigenvalue weighted by molar-refractivity contribution is -0.148. The molecule has 0 aliphatic carbocycles. The summed E-state index contributed by atoms with van der Waals surface area (Å²) in [5.74, 6) is -0.600. The first-order valence-electron chi connectivity index (χ1n) is 9.23. The van der Waals surface area contributed by atoms with E-state index in [1.807, 2.05) is 39.8 Å². The number of carbonyl (C=O) groups is 2. The number of alkyl carbamates (subject to hydrolysis) is 1.